The summed E-state index contributed by atoms with van der Waals surface area (Å²) in [6.45, 7) is 0. The minimum atomic E-state index is -0.190. The lowest BCUT2D eigenvalue weighted by atomic mass is 9.81. The molecule has 0 bridgehead atoms. The van der Waals surface area contributed by atoms with Crippen molar-refractivity contribution in [1.29, 1.82) is 0 Å². The monoisotopic (exact) mass is 244 g/mol. The molecule has 1 heterocycles. The maximum atomic E-state index is 13.4. The lowest BCUT2D eigenvalue weighted by Crippen LogP contribution is -2.25. The number of pyridine rings is 1. The van der Waals surface area contributed by atoms with E-state index in [9.17, 15) is 4.39 Å². The number of nitrogens with two attached hydrogens (primary N) is 1. The first-order valence-corrected chi connectivity index (χ1v) is 6.54. The number of hydrogen-bond acceptors (Lipinski definition) is 2. The van der Waals surface area contributed by atoms with Crippen LogP contribution < -0.4 is 5.73 Å². The third kappa shape index (κ3) is 2.10. The summed E-state index contributed by atoms with van der Waals surface area (Å²) in [6, 6.07) is 7.19. The molecule has 3 rings (SSSR count). The second kappa shape index (κ2) is 4.65. The van der Waals surface area contributed by atoms with Crippen molar-refractivity contribution in [2.24, 2.45) is 5.73 Å². The molecular weight excluding hydrogens is 227 g/mol. The number of fused-ring (bicyclic) bond motifs is 1. The highest BCUT2D eigenvalue weighted by atomic mass is 19.1. The van der Waals surface area contributed by atoms with Gasteiger partial charge in [-0.05, 0) is 61.4 Å². The van der Waals surface area contributed by atoms with E-state index in [1.807, 2.05) is 12.3 Å². The molecule has 2 nitrogen and oxygen atoms in total. The van der Waals surface area contributed by atoms with E-state index in [0.29, 0.717) is 12.0 Å². The second-order valence-electron chi connectivity index (χ2n) is 5.17. The number of rotatable bonds is 1. The van der Waals surface area contributed by atoms with Gasteiger partial charge in [0.1, 0.15) is 5.82 Å². The predicted molar refractivity (Wildman–Crippen MR) is 70.9 cm³/mol. The molecule has 1 saturated carbocycles. The van der Waals surface area contributed by atoms with Gasteiger partial charge in [0.25, 0.3) is 0 Å². The highest BCUT2D eigenvalue weighted by Crippen LogP contribution is 2.35. The fourth-order valence-corrected chi connectivity index (χ4v) is 2.93. The van der Waals surface area contributed by atoms with E-state index in [1.165, 1.54) is 11.6 Å². The molecule has 1 aromatic carbocycles. The van der Waals surface area contributed by atoms with Gasteiger partial charge >= 0.3 is 0 Å². The van der Waals surface area contributed by atoms with Crippen molar-refractivity contribution in [2.45, 2.75) is 37.6 Å². The van der Waals surface area contributed by atoms with E-state index in [2.05, 4.69) is 4.98 Å². The molecule has 0 spiro atoms. The van der Waals surface area contributed by atoms with Crippen LogP contribution in [0.1, 0.15) is 37.2 Å². The van der Waals surface area contributed by atoms with Gasteiger partial charge in [-0.1, -0.05) is 0 Å². The predicted octanol–water partition coefficient (Wildman–Crippen LogP) is 3.36. The van der Waals surface area contributed by atoms with E-state index < -0.39 is 0 Å². The lowest BCUT2D eigenvalue weighted by molar-refractivity contribution is 0.397. The third-order valence-electron chi connectivity index (χ3n) is 3.95. The Labute approximate surface area is 106 Å². The van der Waals surface area contributed by atoms with Crippen molar-refractivity contribution in [1.82, 2.24) is 4.98 Å². The Morgan fingerprint density at radius 1 is 1.11 bits per heavy atom. The molecule has 0 amide bonds. The minimum absolute atomic E-state index is 0.190. The Morgan fingerprint density at radius 2 is 1.89 bits per heavy atom. The van der Waals surface area contributed by atoms with Gasteiger partial charge in [0, 0.05) is 17.6 Å². The summed E-state index contributed by atoms with van der Waals surface area (Å²) in [4.78, 5) is 4.30. The van der Waals surface area contributed by atoms with Crippen LogP contribution in [0.3, 0.4) is 0 Å². The summed E-state index contributed by atoms with van der Waals surface area (Å²) in [6.07, 6.45) is 6.13. The van der Waals surface area contributed by atoms with Gasteiger partial charge in [0.05, 0.1) is 5.52 Å². The van der Waals surface area contributed by atoms with Crippen LogP contribution in [0.15, 0.2) is 30.5 Å². The summed E-state index contributed by atoms with van der Waals surface area (Å²) < 4.78 is 13.4. The molecule has 2 aromatic rings. The van der Waals surface area contributed by atoms with Gasteiger partial charge in [-0.15, -0.1) is 0 Å². The van der Waals surface area contributed by atoms with Crippen molar-refractivity contribution in [2.75, 3.05) is 0 Å². The molecule has 2 N–H and O–H groups in total. The highest BCUT2D eigenvalue weighted by Gasteiger charge is 2.21. The Balaban J connectivity index is 2.03. The Hall–Kier alpha value is -1.48. The van der Waals surface area contributed by atoms with Gasteiger partial charge in [-0.25, -0.2) is 4.39 Å². The molecule has 0 atom stereocenters. The zero-order valence-corrected chi connectivity index (χ0v) is 10.3. The zero-order chi connectivity index (χ0) is 12.5. The quantitative estimate of drug-likeness (QED) is 0.835. The van der Waals surface area contributed by atoms with Crippen molar-refractivity contribution in [3.63, 3.8) is 0 Å². The van der Waals surface area contributed by atoms with Crippen molar-refractivity contribution >= 4 is 10.9 Å². The summed E-state index contributed by atoms with van der Waals surface area (Å²) in [5, 5.41) is 0.956. The van der Waals surface area contributed by atoms with Crippen LogP contribution in [0, 0.1) is 5.82 Å². The highest BCUT2D eigenvalue weighted by molar-refractivity contribution is 5.82. The van der Waals surface area contributed by atoms with Gasteiger partial charge < -0.3 is 5.73 Å². The van der Waals surface area contributed by atoms with E-state index >= 15 is 0 Å². The molecule has 1 fully saturated rings. The normalized spacial score (nSPS) is 24.3. The zero-order valence-electron chi connectivity index (χ0n) is 10.3. The summed E-state index contributed by atoms with van der Waals surface area (Å²) in [7, 11) is 0. The lowest BCUT2D eigenvalue weighted by Gasteiger charge is -2.27. The van der Waals surface area contributed by atoms with Crippen molar-refractivity contribution in [3.8, 4) is 0 Å². The van der Waals surface area contributed by atoms with Crippen LogP contribution in [-0.4, -0.2) is 11.0 Å². The van der Waals surface area contributed by atoms with E-state index in [-0.39, 0.29) is 5.82 Å². The molecule has 0 radical (unpaired) electrons. The molecule has 1 aliphatic carbocycles. The van der Waals surface area contributed by atoms with Crippen LogP contribution >= 0.6 is 0 Å². The Kier molecular flexibility index (Phi) is 3.00. The largest absolute Gasteiger partial charge is 0.328 e. The molecule has 3 heteroatoms. The van der Waals surface area contributed by atoms with Gasteiger partial charge in [0.15, 0.2) is 0 Å². The minimum Gasteiger partial charge on any atom is -0.328 e. The first-order valence-electron chi connectivity index (χ1n) is 6.54. The van der Waals surface area contributed by atoms with Crippen molar-refractivity contribution < 1.29 is 4.39 Å². The SMILES string of the molecule is N[C@H]1CC[C@H](c2ccnc3ccc(F)cc32)CC1. The summed E-state index contributed by atoms with van der Waals surface area (Å²) in [5.74, 6) is 0.307. The third-order valence-corrected chi connectivity index (χ3v) is 3.95. The first kappa shape index (κ1) is 11.6. The van der Waals surface area contributed by atoms with Crippen LogP contribution in [0.25, 0.3) is 10.9 Å². The standard InChI is InChI=1S/C15H17FN2/c16-11-3-6-15-14(9-11)13(7-8-18-15)10-1-4-12(17)5-2-10/h3,6-10,12H,1-2,4-5,17H2/t10-,12-. The molecule has 0 saturated heterocycles. The van der Waals surface area contributed by atoms with E-state index in [0.717, 1.165) is 36.6 Å². The number of halogens is 1. The van der Waals surface area contributed by atoms with Crippen LogP contribution in [-0.2, 0) is 0 Å². The molecular formula is C15H17FN2. The molecule has 18 heavy (non-hydrogen) atoms. The fraction of sp³-hybridized carbons (Fsp3) is 0.400. The number of nitrogens with zero attached hydrogens (tertiary/aromatic N) is 1. The molecule has 0 unspecified atom stereocenters. The number of aromatic nitrogens is 1. The smallest absolute Gasteiger partial charge is 0.123 e. The fourth-order valence-electron chi connectivity index (χ4n) is 2.93. The van der Waals surface area contributed by atoms with Gasteiger partial charge in [0.2, 0.25) is 0 Å². The Morgan fingerprint density at radius 3 is 2.67 bits per heavy atom. The maximum Gasteiger partial charge on any atom is 0.123 e. The average Bonchev–Trinajstić information content (AvgIpc) is 2.39. The summed E-state index contributed by atoms with van der Waals surface area (Å²) in [5.41, 5.74) is 8.05. The Bertz CT molecular complexity index is 559. The van der Waals surface area contributed by atoms with Gasteiger partial charge in [-0.3, -0.25) is 4.98 Å². The van der Waals surface area contributed by atoms with Gasteiger partial charge in [-0.2, -0.15) is 0 Å². The number of benzene rings is 1. The summed E-state index contributed by atoms with van der Waals surface area (Å²) >= 11 is 0. The molecule has 94 valence electrons. The van der Waals surface area contributed by atoms with E-state index in [4.69, 9.17) is 5.73 Å². The van der Waals surface area contributed by atoms with Crippen LogP contribution in [0.5, 0.6) is 0 Å². The molecule has 1 aromatic heterocycles. The van der Waals surface area contributed by atoms with Crippen LogP contribution in [0.4, 0.5) is 4.39 Å². The second-order valence-corrected chi connectivity index (χ2v) is 5.17. The van der Waals surface area contributed by atoms with Crippen molar-refractivity contribution in [3.05, 3.63) is 41.8 Å². The molecule has 0 aliphatic heterocycles. The van der Waals surface area contributed by atoms with Crippen LogP contribution in [0.2, 0.25) is 0 Å². The molecule has 1 aliphatic rings. The van der Waals surface area contributed by atoms with E-state index in [1.54, 1.807) is 12.1 Å². The maximum absolute atomic E-state index is 13.4. The first-order chi connectivity index (χ1) is 8.74. The topological polar surface area (TPSA) is 38.9 Å². The average molecular weight is 244 g/mol. The number of hydrogen-bond donors (Lipinski definition) is 1.